The van der Waals surface area contributed by atoms with Gasteiger partial charge in [-0.1, -0.05) is 6.42 Å². The smallest absolute Gasteiger partial charge is 0.255 e. The number of nitrogens with zero attached hydrogens (tertiary/aromatic N) is 2. The summed E-state index contributed by atoms with van der Waals surface area (Å²) in [5, 5.41) is 2.89. The third-order valence-corrected chi connectivity index (χ3v) is 7.57. The first-order valence-corrected chi connectivity index (χ1v) is 12.3. The molecular weight excluding hydrogens is 422 g/mol. The lowest BCUT2D eigenvalue weighted by atomic mass is 10.1. The molecule has 0 atom stereocenters. The Hall–Kier alpha value is -1.88. The van der Waals surface area contributed by atoms with E-state index in [0.717, 1.165) is 26.1 Å². The molecular formula is C21H33N3O6S. The molecule has 10 heteroatoms. The third kappa shape index (κ3) is 5.88. The number of sulfonamides is 1. The highest BCUT2D eigenvalue weighted by atomic mass is 32.2. The van der Waals surface area contributed by atoms with Gasteiger partial charge in [0.15, 0.2) is 11.5 Å². The van der Waals surface area contributed by atoms with Crippen molar-refractivity contribution in [1.82, 2.24) is 14.5 Å². The molecule has 2 fully saturated rings. The summed E-state index contributed by atoms with van der Waals surface area (Å²) in [6, 6.07) is 2.77. The second kappa shape index (κ2) is 11.1. The van der Waals surface area contributed by atoms with E-state index in [4.69, 9.17) is 14.2 Å². The number of piperidine rings is 1. The van der Waals surface area contributed by atoms with Crippen molar-refractivity contribution in [1.29, 1.82) is 0 Å². The minimum atomic E-state index is -3.78. The van der Waals surface area contributed by atoms with Gasteiger partial charge >= 0.3 is 0 Å². The molecule has 0 radical (unpaired) electrons. The first-order valence-electron chi connectivity index (χ1n) is 10.8. The van der Waals surface area contributed by atoms with Crippen LogP contribution in [0.3, 0.4) is 0 Å². The Labute approximate surface area is 184 Å². The highest BCUT2D eigenvalue weighted by Crippen LogP contribution is 2.35. The van der Waals surface area contributed by atoms with Gasteiger partial charge in [0.2, 0.25) is 10.0 Å². The van der Waals surface area contributed by atoms with Crippen molar-refractivity contribution < 1.29 is 27.4 Å². The average molecular weight is 456 g/mol. The van der Waals surface area contributed by atoms with Crippen molar-refractivity contribution in [3.63, 3.8) is 0 Å². The normalized spacial score (nSPS) is 18.5. The lowest BCUT2D eigenvalue weighted by Crippen LogP contribution is -2.40. The maximum absolute atomic E-state index is 13.1. The van der Waals surface area contributed by atoms with Crippen LogP contribution in [-0.4, -0.2) is 90.2 Å². The number of hydrogen-bond donors (Lipinski definition) is 1. The largest absolute Gasteiger partial charge is 0.493 e. The second-order valence-electron chi connectivity index (χ2n) is 7.73. The van der Waals surface area contributed by atoms with Gasteiger partial charge in [0.25, 0.3) is 5.91 Å². The van der Waals surface area contributed by atoms with Gasteiger partial charge in [0, 0.05) is 25.7 Å². The van der Waals surface area contributed by atoms with Crippen LogP contribution in [0.4, 0.5) is 0 Å². The number of morpholine rings is 1. The van der Waals surface area contributed by atoms with Crippen LogP contribution in [-0.2, 0) is 14.8 Å². The monoisotopic (exact) mass is 455 g/mol. The standard InChI is InChI=1S/C21H33N3O6S/c1-28-19-16-17(31(26,27)24-11-13-30-14-12-24)15-18(20(19)29-2)21(25)22-7-6-10-23-8-4-3-5-9-23/h15-16H,3-14H2,1-2H3,(H,22,25). The van der Waals surface area contributed by atoms with Crippen LogP contribution in [0.15, 0.2) is 17.0 Å². The predicted octanol–water partition coefficient (Wildman–Crippen LogP) is 1.33. The molecule has 0 spiro atoms. The van der Waals surface area contributed by atoms with E-state index in [1.807, 2.05) is 0 Å². The Kier molecular flexibility index (Phi) is 8.53. The van der Waals surface area contributed by atoms with Crippen molar-refractivity contribution >= 4 is 15.9 Å². The average Bonchev–Trinajstić information content (AvgIpc) is 2.81. The number of carbonyl (C=O) groups is 1. The molecule has 31 heavy (non-hydrogen) atoms. The molecule has 2 saturated heterocycles. The molecule has 3 rings (SSSR count). The zero-order chi connectivity index (χ0) is 22.3. The molecule has 9 nitrogen and oxygen atoms in total. The lowest BCUT2D eigenvalue weighted by molar-refractivity contribution is 0.0730. The molecule has 0 aliphatic carbocycles. The molecule has 1 aromatic carbocycles. The zero-order valence-electron chi connectivity index (χ0n) is 18.4. The number of amides is 1. The molecule has 0 bridgehead atoms. The van der Waals surface area contributed by atoms with E-state index in [2.05, 4.69) is 10.2 Å². The van der Waals surface area contributed by atoms with E-state index >= 15 is 0 Å². The van der Waals surface area contributed by atoms with Gasteiger partial charge in [-0.15, -0.1) is 0 Å². The Morgan fingerprint density at radius 1 is 1.06 bits per heavy atom. The molecule has 0 aromatic heterocycles. The maximum Gasteiger partial charge on any atom is 0.255 e. The van der Waals surface area contributed by atoms with E-state index in [1.54, 1.807) is 0 Å². The first-order chi connectivity index (χ1) is 15.0. The van der Waals surface area contributed by atoms with E-state index in [1.165, 1.54) is 49.9 Å². The number of likely N-dealkylation sites (tertiary alicyclic amines) is 1. The van der Waals surface area contributed by atoms with E-state index in [9.17, 15) is 13.2 Å². The van der Waals surface area contributed by atoms with Gasteiger partial charge in [0.1, 0.15) is 0 Å². The first kappa shape index (κ1) is 23.8. The summed E-state index contributed by atoms with van der Waals surface area (Å²) in [6.45, 7) is 4.89. The molecule has 0 unspecified atom stereocenters. The van der Waals surface area contributed by atoms with Gasteiger partial charge in [-0.05, 0) is 45.0 Å². The SMILES string of the molecule is COc1cc(S(=O)(=O)N2CCOCC2)cc(C(=O)NCCCN2CCCCC2)c1OC. The summed E-state index contributed by atoms with van der Waals surface area (Å²) in [5.41, 5.74) is 0.145. The van der Waals surface area contributed by atoms with Crippen LogP contribution in [0.25, 0.3) is 0 Å². The Morgan fingerprint density at radius 2 is 1.77 bits per heavy atom. The summed E-state index contributed by atoms with van der Waals surface area (Å²) in [6.07, 6.45) is 4.58. The van der Waals surface area contributed by atoms with Crippen molar-refractivity contribution in [2.75, 3.05) is 66.7 Å². The van der Waals surface area contributed by atoms with Crippen LogP contribution < -0.4 is 14.8 Å². The Bertz CT molecular complexity index is 849. The molecule has 174 valence electrons. The fourth-order valence-corrected chi connectivity index (χ4v) is 5.43. The van der Waals surface area contributed by atoms with Crippen molar-refractivity contribution in [3.05, 3.63) is 17.7 Å². The number of nitrogens with one attached hydrogen (secondary N) is 1. The molecule has 0 saturated carbocycles. The number of hydrogen-bond acceptors (Lipinski definition) is 7. The third-order valence-electron chi connectivity index (χ3n) is 5.69. The number of carbonyl (C=O) groups excluding carboxylic acids is 1. The summed E-state index contributed by atoms with van der Waals surface area (Å²) < 4.78 is 43.5. The molecule has 2 aliphatic heterocycles. The molecule has 1 N–H and O–H groups in total. The number of benzene rings is 1. The van der Waals surface area contributed by atoms with Gasteiger partial charge in [-0.2, -0.15) is 4.31 Å². The lowest BCUT2D eigenvalue weighted by Gasteiger charge is -2.27. The van der Waals surface area contributed by atoms with Crippen LogP contribution in [0.1, 0.15) is 36.0 Å². The van der Waals surface area contributed by atoms with E-state index < -0.39 is 10.0 Å². The van der Waals surface area contributed by atoms with Crippen LogP contribution in [0.5, 0.6) is 11.5 Å². The topological polar surface area (TPSA) is 97.4 Å². The summed E-state index contributed by atoms with van der Waals surface area (Å²) in [4.78, 5) is 15.3. The Balaban J connectivity index is 1.74. The number of ether oxygens (including phenoxy) is 3. The maximum atomic E-state index is 13.1. The van der Waals surface area contributed by atoms with Crippen LogP contribution in [0, 0.1) is 0 Å². The van der Waals surface area contributed by atoms with Gasteiger partial charge in [0.05, 0.1) is 37.9 Å². The Morgan fingerprint density at radius 3 is 2.42 bits per heavy atom. The number of methoxy groups -OCH3 is 2. The molecule has 1 amide bonds. The molecule has 1 aromatic rings. The van der Waals surface area contributed by atoms with Crippen LogP contribution in [0.2, 0.25) is 0 Å². The molecule has 2 aliphatic rings. The minimum Gasteiger partial charge on any atom is -0.493 e. The number of rotatable bonds is 9. The minimum absolute atomic E-state index is 0.00511. The van der Waals surface area contributed by atoms with Crippen molar-refractivity contribution in [2.24, 2.45) is 0 Å². The fourth-order valence-electron chi connectivity index (χ4n) is 3.98. The van der Waals surface area contributed by atoms with Crippen molar-refractivity contribution in [2.45, 2.75) is 30.6 Å². The predicted molar refractivity (Wildman–Crippen MR) is 116 cm³/mol. The summed E-state index contributed by atoms with van der Waals surface area (Å²) in [7, 11) is -0.933. The highest BCUT2D eigenvalue weighted by molar-refractivity contribution is 7.89. The van der Waals surface area contributed by atoms with Gasteiger partial charge in [-0.3, -0.25) is 4.79 Å². The fraction of sp³-hybridized carbons (Fsp3) is 0.667. The van der Waals surface area contributed by atoms with E-state index in [0.29, 0.717) is 19.8 Å². The summed E-state index contributed by atoms with van der Waals surface area (Å²) in [5.74, 6) is 0.0417. The van der Waals surface area contributed by atoms with Crippen LogP contribution >= 0.6 is 0 Å². The van der Waals surface area contributed by atoms with E-state index in [-0.39, 0.29) is 41.0 Å². The summed E-state index contributed by atoms with van der Waals surface area (Å²) >= 11 is 0. The second-order valence-corrected chi connectivity index (χ2v) is 9.67. The van der Waals surface area contributed by atoms with Crippen molar-refractivity contribution in [3.8, 4) is 11.5 Å². The quantitative estimate of drug-likeness (QED) is 0.561. The zero-order valence-corrected chi connectivity index (χ0v) is 19.2. The van der Waals surface area contributed by atoms with Gasteiger partial charge < -0.3 is 24.4 Å². The highest BCUT2D eigenvalue weighted by Gasteiger charge is 2.30. The van der Waals surface area contributed by atoms with Gasteiger partial charge in [-0.25, -0.2) is 8.42 Å². The molecule has 2 heterocycles.